The first-order valence-electron chi connectivity index (χ1n) is 3.95. The molecule has 0 radical (unpaired) electrons. The van der Waals surface area contributed by atoms with Crippen molar-refractivity contribution < 1.29 is 9.31 Å². The summed E-state index contributed by atoms with van der Waals surface area (Å²) in [6.07, 6.45) is 1.46. The number of hydrogen-bond donors (Lipinski definition) is 0. The van der Waals surface area contributed by atoms with Crippen LogP contribution in [-0.4, -0.2) is 19.8 Å². The Morgan fingerprint density at radius 3 is 2.70 bits per heavy atom. The van der Waals surface area contributed by atoms with Crippen molar-refractivity contribution in [2.24, 2.45) is 5.92 Å². The van der Waals surface area contributed by atoms with Crippen molar-refractivity contribution >= 4 is 7.12 Å². The summed E-state index contributed by atoms with van der Waals surface area (Å²) < 4.78 is 10.7. The van der Waals surface area contributed by atoms with Crippen LogP contribution in [0.4, 0.5) is 0 Å². The normalized spacial score (nSPS) is 26.4. The van der Waals surface area contributed by atoms with E-state index >= 15 is 0 Å². The minimum absolute atomic E-state index is 0.0174. The van der Waals surface area contributed by atoms with E-state index in [2.05, 4.69) is 13.8 Å². The van der Waals surface area contributed by atoms with Gasteiger partial charge >= 0.3 is 7.12 Å². The van der Waals surface area contributed by atoms with E-state index in [1.807, 2.05) is 6.82 Å². The summed E-state index contributed by atoms with van der Waals surface area (Å²) in [6.45, 7) is 7.12. The van der Waals surface area contributed by atoms with Crippen molar-refractivity contribution in [2.75, 3.05) is 6.61 Å². The van der Waals surface area contributed by atoms with E-state index in [1.54, 1.807) is 0 Å². The molecule has 1 aliphatic heterocycles. The van der Waals surface area contributed by atoms with Crippen molar-refractivity contribution in [2.45, 2.75) is 33.2 Å². The minimum atomic E-state index is 0.0174. The predicted octanol–water partition coefficient (Wildman–Crippen LogP) is 1.57. The van der Waals surface area contributed by atoms with Gasteiger partial charge in [0.15, 0.2) is 0 Å². The molecule has 3 heteroatoms. The van der Waals surface area contributed by atoms with Gasteiger partial charge in [0.1, 0.15) is 0 Å². The Labute approximate surface area is 63.0 Å². The van der Waals surface area contributed by atoms with Crippen LogP contribution in [0.5, 0.6) is 0 Å². The summed E-state index contributed by atoms with van der Waals surface area (Å²) in [7, 11) is 0.0174. The molecular formula is C7H15BO2. The summed E-state index contributed by atoms with van der Waals surface area (Å²) in [5.74, 6) is 0.707. The Hall–Kier alpha value is -0.0151. The lowest BCUT2D eigenvalue weighted by Crippen LogP contribution is -2.14. The van der Waals surface area contributed by atoms with E-state index in [-0.39, 0.29) is 7.12 Å². The molecule has 2 nitrogen and oxygen atoms in total. The quantitative estimate of drug-likeness (QED) is 0.544. The third-order valence-electron chi connectivity index (χ3n) is 1.64. The Kier molecular flexibility index (Phi) is 2.75. The smallest absolute Gasteiger partial charge is 0.409 e. The van der Waals surface area contributed by atoms with Gasteiger partial charge in [0.05, 0.1) is 12.7 Å². The zero-order chi connectivity index (χ0) is 7.56. The fraction of sp³-hybridized carbons (Fsp3) is 1.00. The van der Waals surface area contributed by atoms with Crippen LogP contribution in [0.15, 0.2) is 0 Å². The third-order valence-corrected chi connectivity index (χ3v) is 1.64. The summed E-state index contributed by atoms with van der Waals surface area (Å²) in [4.78, 5) is 0. The van der Waals surface area contributed by atoms with Gasteiger partial charge in [-0.1, -0.05) is 13.8 Å². The summed E-state index contributed by atoms with van der Waals surface area (Å²) in [6, 6.07) is 0. The van der Waals surface area contributed by atoms with Crippen molar-refractivity contribution in [3.63, 3.8) is 0 Å². The molecule has 0 saturated carbocycles. The van der Waals surface area contributed by atoms with Gasteiger partial charge in [-0.25, -0.2) is 0 Å². The Morgan fingerprint density at radius 1 is 1.60 bits per heavy atom. The van der Waals surface area contributed by atoms with Crippen LogP contribution >= 0.6 is 0 Å². The SMILES string of the molecule is CB1OCC(CC(C)C)O1. The largest absolute Gasteiger partial charge is 0.453 e. The van der Waals surface area contributed by atoms with E-state index in [9.17, 15) is 0 Å². The molecule has 10 heavy (non-hydrogen) atoms. The maximum Gasteiger partial charge on any atom is 0.453 e. The lowest BCUT2D eigenvalue weighted by Gasteiger charge is -2.10. The van der Waals surface area contributed by atoms with Crippen molar-refractivity contribution in [3.8, 4) is 0 Å². The second-order valence-corrected chi connectivity index (χ2v) is 3.29. The van der Waals surface area contributed by atoms with Gasteiger partial charge in [-0.05, 0) is 19.2 Å². The highest BCUT2D eigenvalue weighted by molar-refractivity contribution is 6.43. The first-order valence-corrected chi connectivity index (χ1v) is 3.95. The van der Waals surface area contributed by atoms with Gasteiger partial charge in [0.2, 0.25) is 0 Å². The van der Waals surface area contributed by atoms with Gasteiger partial charge in [0.25, 0.3) is 0 Å². The van der Waals surface area contributed by atoms with E-state index in [0.717, 1.165) is 13.0 Å². The summed E-state index contributed by atoms with van der Waals surface area (Å²) in [5.41, 5.74) is 0. The van der Waals surface area contributed by atoms with E-state index < -0.39 is 0 Å². The Balaban J connectivity index is 2.18. The monoisotopic (exact) mass is 142 g/mol. The standard InChI is InChI=1S/C7H15BO2/c1-6(2)4-7-5-9-8(3)10-7/h6-7H,4-5H2,1-3H3. The average Bonchev–Trinajstić information content (AvgIpc) is 2.13. The van der Waals surface area contributed by atoms with Crippen LogP contribution in [0.2, 0.25) is 6.82 Å². The molecule has 0 spiro atoms. The molecule has 0 bridgehead atoms. The van der Waals surface area contributed by atoms with Crippen LogP contribution in [0.3, 0.4) is 0 Å². The molecule has 1 atom stereocenters. The maximum atomic E-state index is 5.45. The third kappa shape index (κ3) is 2.31. The van der Waals surface area contributed by atoms with Crippen LogP contribution in [-0.2, 0) is 9.31 Å². The molecule has 0 aromatic rings. The molecule has 58 valence electrons. The van der Waals surface area contributed by atoms with Gasteiger partial charge < -0.3 is 9.31 Å². The molecule has 0 amide bonds. The number of rotatable bonds is 2. The van der Waals surface area contributed by atoms with E-state index in [4.69, 9.17) is 9.31 Å². The fourth-order valence-corrected chi connectivity index (χ4v) is 1.24. The zero-order valence-electron chi connectivity index (χ0n) is 6.96. The van der Waals surface area contributed by atoms with Crippen LogP contribution in [0.25, 0.3) is 0 Å². The molecule has 0 aromatic heterocycles. The van der Waals surface area contributed by atoms with Gasteiger partial charge in [0, 0.05) is 0 Å². The highest BCUT2D eigenvalue weighted by Crippen LogP contribution is 2.15. The van der Waals surface area contributed by atoms with Crippen LogP contribution in [0.1, 0.15) is 20.3 Å². The summed E-state index contributed by atoms with van der Waals surface area (Å²) in [5, 5.41) is 0. The molecule has 1 aliphatic rings. The predicted molar refractivity (Wildman–Crippen MR) is 41.9 cm³/mol. The second kappa shape index (κ2) is 3.40. The van der Waals surface area contributed by atoms with Gasteiger partial charge in [-0.3, -0.25) is 0 Å². The summed E-state index contributed by atoms with van der Waals surface area (Å²) >= 11 is 0. The Morgan fingerprint density at radius 2 is 2.30 bits per heavy atom. The van der Waals surface area contributed by atoms with Crippen molar-refractivity contribution in [3.05, 3.63) is 0 Å². The molecule has 0 N–H and O–H groups in total. The molecular weight excluding hydrogens is 127 g/mol. The molecule has 1 fully saturated rings. The van der Waals surface area contributed by atoms with Crippen LogP contribution < -0.4 is 0 Å². The maximum absolute atomic E-state index is 5.45. The molecule has 1 unspecified atom stereocenters. The van der Waals surface area contributed by atoms with E-state index in [1.165, 1.54) is 0 Å². The zero-order valence-corrected chi connectivity index (χ0v) is 6.96. The molecule has 1 rings (SSSR count). The molecule has 0 aromatic carbocycles. The van der Waals surface area contributed by atoms with E-state index in [0.29, 0.717) is 12.0 Å². The van der Waals surface area contributed by atoms with Crippen molar-refractivity contribution in [1.82, 2.24) is 0 Å². The topological polar surface area (TPSA) is 18.5 Å². The fourth-order valence-electron chi connectivity index (χ4n) is 1.24. The average molecular weight is 142 g/mol. The second-order valence-electron chi connectivity index (χ2n) is 3.29. The number of hydrogen-bond acceptors (Lipinski definition) is 2. The lowest BCUT2D eigenvalue weighted by molar-refractivity contribution is 0.202. The minimum Gasteiger partial charge on any atom is -0.409 e. The first-order chi connectivity index (χ1) is 4.68. The lowest BCUT2D eigenvalue weighted by atomic mass is 9.96. The van der Waals surface area contributed by atoms with Crippen LogP contribution in [0, 0.1) is 5.92 Å². The van der Waals surface area contributed by atoms with Gasteiger partial charge in [-0.15, -0.1) is 0 Å². The van der Waals surface area contributed by atoms with Gasteiger partial charge in [-0.2, -0.15) is 0 Å². The molecule has 0 aliphatic carbocycles. The highest BCUT2D eigenvalue weighted by Gasteiger charge is 2.26. The molecule has 1 heterocycles. The highest BCUT2D eigenvalue weighted by atomic mass is 16.6. The first kappa shape index (κ1) is 8.09. The molecule has 1 saturated heterocycles. The Bertz CT molecular complexity index is 106. The van der Waals surface area contributed by atoms with Crippen molar-refractivity contribution in [1.29, 1.82) is 0 Å².